The smallest absolute Gasteiger partial charge is 0.161 e. The second kappa shape index (κ2) is 4.72. The second-order valence-corrected chi connectivity index (χ2v) is 3.92. The highest BCUT2D eigenvalue weighted by Crippen LogP contribution is 2.29. The number of methoxy groups -OCH3 is 1. The number of aliphatic hydroxyl groups is 1. The number of ether oxygens (including phenoxy) is 3. The van der Waals surface area contributed by atoms with Crippen LogP contribution in [0.1, 0.15) is 5.56 Å². The molecule has 1 N–H and O–H groups in total. The van der Waals surface area contributed by atoms with Gasteiger partial charge in [-0.2, -0.15) is 0 Å². The molecule has 16 heavy (non-hydrogen) atoms. The molecule has 4 heteroatoms. The molecule has 0 bridgehead atoms. The molecule has 88 valence electrons. The fourth-order valence-electron chi connectivity index (χ4n) is 1.67. The minimum atomic E-state index is -0.564. The summed E-state index contributed by atoms with van der Waals surface area (Å²) in [4.78, 5) is 0. The zero-order valence-electron chi connectivity index (χ0n) is 9.47. The van der Waals surface area contributed by atoms with Crippen LogP contribution in [0, 0.1) is 6.92 Å². The Balaban J connectivity index is 2.14. The van der Waals surface area contributed by atoms with Crippen molar-refractivity contribution in [1.29, 1.82) is 0 Å². The molecule has 1 aromatic rings. The third-order valence-electron chi connectivity index (χ3n) is 2.60. The number of hydrogen-bond acceptors (Lipinski definition) is 4. The lowest BCUT2D eigenvalue weighted by atomic mass is 10.2. The van der Waals surface area contributed by atoms with Gasteiger partial charge in [0.2, 0.25) is 0 Å². The molecule has 0 aromatic heterocycles. The van der Waals surface area contributed by atoms with Crippen molar-refractivity contribution < 1.29 is 19.3 Å². The molecule has 0 radical (unpaired) electrons. The molecule has 1 fully saturated rings. The van der Waals surface area contributed by atoms with E-state index in [2.05, 4.69) is 0 Å². The zero-order chi connectivity index (χ0) is 11.5. The van der Waals surface area contributed by atoms with Crippen LogP contribution in [0.25, 0.3) is 0 Å². The molecule has 1 aliphatic heterocycles. The first-order chi connectivity index (χ1) is 7.70. The van der Waals surface area contributed by atoms with E-state index in [1.165, 1.54) is 0 Å². The van der Waals surface area contributed by atoms with Gasteiger partial charge in [0, 0.05) is 0 Å². The Bertz CT molecular complexity index is 364. The summed E-state index contributed by atoms with van der Waals surface area (Å²) in [5, 5.41) is 9.58. The van der Waals surface area contributed by atoms with Gasteiger partial charge in [-0.3, -0.25) is 0 Å². The van der Waals surface area contributed by atoms with Crippen LogP contribution in [0.15, 0.2) is 18.2 Å². The van der Waals surface area contributed by atoms with E-state index in [1.54, 1.807) is 7.11 Å². The van der Waals surface area contributed by atoms with Gasteiger partial charge in [-0.1, -0.05) is 6.07 Å². The Hall–Kier alpha value is -1.26. The number of aryl methyl sites for hydroxylation is 1. The van der Waals surface area contributed by atoms with E-state index in [0.717, 1.165) is 5.56 Å². The molecule has 0 aliphatic carbocycles. The van der Waals surface area contributed by atoms with E-state index in [4.69, 9.17) is 14.2 Å². The summed E-state index contributed by atoms with van der Waals surface area (Å²) in [5.74, 6) is 1.32. The van der Waals surface area contributed by atoms with Crippen molar-refractivity contribution in [2.45, 2.75) is 19.1 Å². The first-order valence-electron chi connectivity index (χ1n) is 5.28. The Labute approximate surface area is 94.8 Å². The molecular weight excluding hydrogens is 208 g/mol. The van der Waals surface area contributed by atoms with Gasteiger partial charge in [0.1, 0.15) is 6.10 Å². The van der Waals surface area contributed by atoms with E-state index in [1.807, 2.05) is 25.1 Å². The van der Waals surface area contributed by atoms with Gasteiger partial charge in [-0.15, -0.1) is 0 Å². The molecule has 0 unspecified atom stereocenters. The number of rotatable bonds is 3. The molecule has 2 rings (SSSR count). The maximum Gasteiger partial charge on any atom is 0.161 e. The predicted octanol–water partition coefficient (Wildman–Crippen LogP) is 1.14. The summed E-state index contributed by atoms with van der Waals surface area (Å²) in [5.41, 5.74) is 1.10. The van der Waals surface area contributed by atoms with Crippen LogP contribution in [-0.2, 0) is 4.74 Å². The quantitative estimate of drug-likeness (QED) is 0.836. The lowest BCUT2D eigenvalue weighted by Gasteiger charge is -2.17. The van der Waals surface area contributed by atoms with Crippen LogP contribution in [0.4, 0.5) is 0 Å². The second-order valence-electron chi connectivity index (χ2n) is 3.92. The highest BCUT2D eigenvalue weighted by Gasteiger charge is 2.28. The summed E-state index contributed by atoms with van der Waals surface area (Å²) in [6.45, 7) is 2.73. The van der Waals surface area contributed by atoms with Crippen molar-refractivity contribution in [3.05, 3.63) is 23.8 Å². The molecule has 0 saturated carbocycles. The molecule has 0 amide bonds. The summed E-state index contributed by atoms with van der Waals surface area (Å²) < 4.78 is 16.0. The fourth-order valence-corrected chi connectivity index (χ4v) is 1.67. The third-order valence-corrected chi connectivity index (χ3v) is 2.60. The van der Waals surface area contributed by atoms with E-state index < -0.39 is 6.10 Å². The first-order valence-corrected chi connectivity index (χ1v) is 5.28. The Morgan fingerprint density at radius 2 is 2.12 bits per heavy atom. The minimum Gasteiger partial charge on any atom is -0.493 e. The van der Waals surface area contributed by atoms with Crippen molar-refractivity contribution in [1.82, 2.24) is 0 Å². The predicted molar refractivity (Wildman–Crippen MR) is 59.0 cm³/mol. The van der Waals surface area contributed by atoms with Gasteiger partial charge >= 0.3 is 0 Å². The van der Waals surface area contributed by atoms with Gasteiger partial charge in [0.15, 0.2) is 17.6 Å². The molecule has 1 aromatic carbocycles. The largest absolute Gasteiger partial charge is 0.493 e. The van der Waals surface area contributed by atoms with Crippen molar-refractivity contribution in [3.8, 4) is 11.5 Å². The summed E-state index contributed by atoms with van der Waals surface area (Å²) >= 11 is 0. The van der Waals surface area contributed by atoms with Gasteiger partial charge in [-0.25, -0.2) is 0 Å². The van der Waals surface area contributed by atoms with E-state index >= 15 is 0 Å². The standard InChI is InChI=1S/C12H16O4/c1-8-3-4-10(11(5-8)14-2)16-12-7-15-6-9(12)13/h3-5,9,12-13H,6-7H2,1-2H3/t9-,12-/m0/s1. The molecule has 1 heterocycles. The van der Waals surface area contributed by atoms with Crippen molar-refractivity contribution in [2.75, 3.05) is 20.3 Å². The summed E-state index contributed by atoms with van der Waals surface area (Å²) in [6.07, 6.45) is -0.873. The third kappa shape index (κ3) is 2.28. The van der Waals surface area contributed by atoms with E-state index in [-0.39, 0.29) is 6.10 Å². The maximum absolute atomic E-state index is 9.58. The molecule has 4 nitrogen and oxygen atoms in total. The number of aliphatic hydroxyl groups excluding tert-OH is 1. The summed E-state index contributed by atoms with van der Waals surface area (Å²) in [6, 6.07) is 5.69. The van der Waals surface area contributed by atoms with Crippen LogP contribution >= 0.6 is 0 Å². The SMILES string of the molecule is COc1cc(C)ccc1O[C@H]1COC[C@@H]1O. The zero-order valence-corrected chi connectivity index (χ0v) is 9.47. The highest BCUT2D eigenvalue weighted by molar-refractivity contribution is 5.42. The minimum absolute atomic E-state index is 0.309. The van der Waals surface area contributed by atoms with Crippen LogP contribution in [0.2, 0.25) is 0 Å². The number of benzene rings is 1. The topological polar surface area (TPSA) is 47.9 Å². The molecule has 1 aliphatic rings. The molecule has 0 spiro atoms. The average molecular weight is 224 g/mol. The summed E-state index contributed by atoms with van der Waals surface area (Å²) in [7, 11) is 1.60. The monoisotopic (exact) mass is 224 g/mol. The van der Waals surface area contributed by atoms with Crippen LogP contribution < -0.4 is 9.47 Å². The van der Waals surface area contributed by atoms with Crippen molar-refractivity contribution in [2.24, 2.45) is 0 Å². The van der Waals surface area contributed by atoms with Gasteiger partial charge in [0.05, 0.1) is 20.3 Å². The fraction of sp³-hybridized carbons (Fsp3) is 0.500. The first kappa shape index (κ1) is 11.2. The Kier molecular flexibility index (Phi) is 3.31. The van der Waals surface area contributed by atoms with Gasteiger partial charge < -0.3 is 19.3 Å². The normalized spacial score (nSPS) is 24.4. The van der Waals surface area contributed by atoms with Crippen molar-refractivity contribution >= 4 is 0 Å². The number of hydrogen-bond donors (Lipinski definition) is 1. The average Bonchev–Trinajstić information content (AvgIpc) is 2.67. The van der Waals surface area contributed by atoms with Gasteiger partial charge in [0.25, 0.3) is 0 Å². The van der Waals surface area contributed by atoms with Crippen LogP contribution in [-0.4, -0.2) is 37.6 Å². The van der Waals surface area contributed by atoms with E-state index in [0.29, 0.717) is 24.7 Å². The Morgan fingerprint density at radius 1 is 1.31 bits per heavy atom. The van der Waals surface area contributed by atoms with E-state index in [9.17, 15) is 5.11 Å². The van der Waals surface area contributed by atoms with Crippen LogP contribution in [0.3, 0.4) is 0 Å². The lowest BCUT2D eigenvalue weighted by Crippen LogP contribution is -2.29. The van der Waals surface area contributed by atoms with Crippen LogP contribution in [0.5, 0.6) is 11.5 Å². The van der Waals surface area contributed by atoms with Gasteiger partial charge in [-0.05, 0) is 24.6 Å². The molecule has 2 atom stereocenters. The highest BCUT2D eigenvalue weighted by atomic mass is 16.6. The Morgan fingerprint density at radius 3 is 2.75 bits per heavy atom. The molecule has 1 saturated heterocycles. The maximum atomic E-state index is 9.58. The lowest BCUT2D eigenvalue weighted by molar-refractivity contribution is 0.0715. The molecular formula is C12H16O4. The van der Waals surface area contributed by atoms with Crippen molar-refractivity contribution in [3.63, 3.8) is 0 Å².